The Labute approximate surface area is 114 Å². The van der Waals surface area contributed by atoms with Crippen LogP contribution in [0.15, 0.2) is 48.8 Å². The highest BCUT2D eigenvalue weighted by atomic mass is 19.4. The summed E-state index contributed by atoms with van der Waals surface area (Å²) in [7, 11) is 0. The summed E-state index contributed by atoms with van der Waals surface area (Å²) in [5.74, 6) is -0.178. The van der Waals surface area contributed by atoms with Crippen LogP contribution in [-0.4, -0.2) is 11.3 Å². The van der Waals surface area contributed by atoms with E-state index in [0.717, 1.165) is 5.56 Å². The van der Waals surface area contributed by atoms with Gasteiger partial charge in [-0.1, -0.05) is 18.2 Å². The summed E-state index contributed by atoms with van der Waals surface area (Å²) in [6.07, 6.45) is -1.35. The van der Waals surface area contributed by atoms with E-state index in [9.17, 15) is 13.2 Å². The van der Waals surface area contributed by atoms with Crippen LogP contribution < -0.4 is 10.1 Å². The van der Waals surface area contributed by atoms with Gasteiger partial charge in [-0.25, -0.2) is 0 Å². The number of ether oxygens (including phenoxy) is 1. The van der Waals surface area contributed by atoms with Crippen LogP contribution in [0.2, 0.25) is 0 Å². The molecule has 0 spiro atoms. The largest absolute Gasteiger partial charge is 0.573 e. The molecule has 1 N–H and O–H groups in total. The Morgan fingerprint density at radius 1 is 1.00 bits per heavy atom. The van der Waals surface area contributed by atoms with Gasteiger partial charge < -0.3 is 10.1 Å². The highest BCUT2D eigenvalue weighted by Gasteiger charge is 2.31. The van der Waals surface area contributed by atoms with Crippen molar-refractivity contribution >= 4 is 0 Å². The SMILES string of the molecule is FC(F)(F)Oc1ccccc1CNCc1ccncc1. The lowest BCUT2D eigenvalue weighted by atomic mass is 10.2. The molecule has 0 unspecified atom stereocenters. The summed E-state index contributed by atoms with van der Waals surface area (Å²) in [4.78, 5) is 3.89. The van der Waals surface area contributed by atoms with E-state index in [0.29, 0.717) is 12.1 Å². The molecule has 2 rings (SSSR count). The maximum absolute atomic E-state index is 12.3. The van der Waals surface area contributed by atoms with Crippen LogP contribution in [0.4, 0.5) is 13.2 Å². The maximum atomic E-state index is 12.3. The number of halogens is 3. The molecule has 2 aromatic rings. The molecule has 0 amide bonds. The van der Waals surface area contributed by atoms with Gasteiger partial charge in [0, 0.05) is 31.0 Å². The molecule has 6 heteroatoms. The third kappa shape index (κ3) is 4.55. The van der Waals surface area contributed by atoms with Gasteiger partial charge in [0.05, 0.1) is 0 Å². The Bertz CT molecular complexity index is 544. The Kier molecular flexibility index (Phi) is 4.57. The summed E-state index contributed by atoms with van der Waals surface area (Å²) < 4.78 is 40.8. The summed E-state index contributed by atoms with van der Waals surface area (Å²) in [6.45, 7) is 0.831. The molecule has 1 aromatic heterocycles. The minimum atomic E-state index is -4.68. The van der Waals surface area contributed by atoms with Crippen LogP contribution in [0.3, 0.4) is 0 Å². The minimum absolute atomic E-state index is 0.178. The van der Waals surface area contributed by atoms with Gasteiger partial charge in [0.2, 0.25) is 0 Å². The van der Waals surface area contributed by atoms with Crippen molar-refractivity contribution in [2.75, 3.05) is 0 Å². The van der Waals surface area contributed by atoms with Crippen molar-refractivity contribution in [3.63, 3.8) is 0 Å². The van der Waals surface area contributed by atoms with Crippen molar-refractivity contribution in [2.24, 2.45) is 0 Å². The summed E-state index contributed by atoms with van der Waals surface area (Å²) in [6, 6.07) is 9.76. The van der Waals surface area contributed by atoms with E-state index in [-0.39, 0.29) is 12.3 Å². The van der Waals surface area contributed by atoms with Gasteiger partial charge in [-0.2, -0.15) is 0 Å². The third-order valence-corrected chi connectivity index (χ3v) is 2.59. The van der Waals surface area contributed by atoms with E-state index in [1.54, 1.807) is 24.5 Å². The van der Waals surface area contributed by atoms with Gasteiger partial charge >= 0.3 is 6.36 Å². The van der Waals surface area contributed by atoms with Crippen molar-refractivity contribution in [1.29, 1.82) is 0 Å². The van der Waals surface area contributed by atoms with Gasteiger partial charge in [0.15, 0.2) is 0 Å². The molecule has 0 fully saturated rings. The number of nitrogens with zero attached hydrogens (tertiary/aromatic N) is 1. The molecule has 1 heterocycles. The van der Waals surface area contributed by atoms with E-state index in [4.69, 9.17) is 0 Å². The highest BCUT2D eigenvalue weighted by molar-refractivity contribution is 5.33. The predicted molar refractivity (Wildman–Crippen MR) is 67.9 cm³/mol. The van der Waals surface area contributed by atoms with Crippen LogP contribution in [0, 0.1) is 0 Å². The zero-order chi connectivity index (χ0) is 14.4. The quantitative estimate of drug-likeness (QED) is 0.914. The molecule has 0 aliphatic heterocycles. The maximum Gasteiger partial charge on any atom is 0.573 e. The Balaban J connectivity index is 1.96. The fraction of sp³-hybridized carbons (Fsp3) is 0.214. The minimum Gasteiger partial charge on any atom is -0.405 e. The lowest BCUT2D eigenvalue weighted by molar-refractivity contribution is -0.274. The van der Waals surface area contributed by atoms with Crippen LogP contribution in [0.5, 0.6) is 5.75 Å². The smallest absolute Gasteiger partial charge is 0.405 e. The molecule has 1 aromatic carbocycles. The predicted octanol–water partition coefficient (Wildman–Crippen LogP) is 3.27. The van der Waals surface area contributed by atoms with E-state index in [2.05, 4.69) is 15.0 Å². The summed E-state index contributed by atoms with van der Waals surface area (Å²) >= 11 is 0. The molecule has 0 aliphatic rings. The lowest BCUT2D eigenvalue weighted by Crippen LogP contribution is -2.20. The van der Waals surface area contributed by atoms with Gasteiger partial charge in [-0.3, -0.25) is 4.98 Å². The van der Waals surface area contributed by atoms with E-state index >= 15 is 0 Å². The summed E-state index contributed by atoms with van der Waals surface area (Å²) in [5, 5.41) is 3.07. The highest BCUT2D eigenvalue weighted by Crippen LogP contribution is 2.26. The zero-order valence-corrected chi connectivity index (χ0v) is 10.5. The Morgan fingerprint density at radius 3 is 2.40 bits per heavy atom. The number of aromatic nitrogens is 1. The van der Waals surface area contributed by atoms with Gasteiger partial charge in [-0.15, -0.1) is 13.2 Å². The summed E-state index contributed by atoms with van der Waals surface area (Å²) in [5.41, 5.74) is 1.47. The first-order chi connectivity index (χ1) is 9.54. The second-order valence-electron chi connectivity index (χ2n) is 4.11. The fourth-order valence-corrected chi connectivity index (χ4v) is 1.72. The number of alkyl halides is 3. The molecule has 0 bridgehead atoms. The van der Waals surface area contributed by atoms with E-state index in [1.807, 2.05) is 12.1 Å². The van der Waals surface area contributed by atoms with Crippen molar-refractivity contribution in [3.05, 3.63) is 59.9 Å². The van der Waals surface area contributed by atoms with Crippen LogP contribution >= 0.6 is 0 Å². The molecule has 0 saturated heterocycles. The first-order valence-corrected chi connectivity index (χ1v) is 5.98. The van der Waals surface area contributed by atoms with Crippen molar-refractivity contribution in [3.8, 4) is 5.75 Å². The van der Waals surface area contributed by atoms with Gasteiger partial charge in [0.25, 0.3) is 0 Å². The van der Waals surface area contributed by atoms with E-state index in [1.165, 1.54) is 12.1 Å². The molecule has 0 radical (unpaired) electrons. The Hall–Kier alpha value is -2.08. The third-order valence-electron chi connectivity index (χ3n) is 2.59. The number of para-hydroxylation sites is 1. The number of nitrogens with one attached hydrogen (secondary N) is 1. The second kappa shape index (κ2) is 6.38. The second-order valence-corrected chi connectivity index (χ2v) is 4.11. The molecule has 20 heavy (non-hydrogen) atoms. The van der Waals surface area contributed by atoms with E-state index < -0.39 is 6.36 Å². The van der Waals surface area contributed by atoms with Crippen molar-refractivity contribution in [1.82, 2.24) is 10.3 Å². The first-order valence-electron chi connectivity index (χ1n) is 5.98. The Morgan fingerprint density at radius 2 is 1.70 bits per heavy atom. The fourth-order valence-electron chi connectivity index (χ4n) is 1.72. The number of hydrogen-bond donors (Lipinski definition) is 1. The normalized spacial score (nSPS) is 11.3. The number of benzene rings is 1. The average molecular weight is 282 g/mol. The number of rotatable bonds is 5. The molecular weight excluding hydrogens is 269 g/mol. The molecule has 0 saturated carbocycles. The first kappa shape index (κ1) is 14.3. The van der Waals surface area contributed by atoms with Crippen molar-refractivity contribution in [2.45, 2.75) is 19.5 Å². The molecular formula is C14H13F3N2O. The van der Waals surface area contributed by atoms with Crippen LogP contribution in [-0.2, 0) is 13.1 Å². The average Bonchev–Trinajstić information content (AvgIpc) is 2.40. The number of pyridine rings is 1. The molecule has 3 nitrogen and oxygen atoms in total. The zero-order valence-electron chi connectivity index (χ0n) is 10.5. The topological polar surface area (TPSA) is 34.1 Å². The molecule has 0 aliphatic carbocycles. The monoisotopic (exact) mass is 282 g/mol. The number of hydrogen-bond acceptors (Lipinski definition) is 3. The van der Waals surface area contributed by atoms with Crippen molar-refractivity contribution < 1.29 is 17.9 Å². The van der Waals surface area contributed by atoms with Gasteiger partial charge in [0.1, 0.15) is 5.75 Å². The lowest BCUT2D eigenvalue weighted by Gasteiger charge is -2.13. The molecule has 106 valence electrons. The van der Waals surface area contributed by atoms with Crippen LogP contribution in [0.1, 0.15) is 11.1 Å². The molecule has 0 atom stereocenters. The van der Waals surface area contributed by atoms with Crippen LogP contribution in [0.25, 0.3) is 0 Å². The van der Waals surface area contributed by atoms with Gasteiger partial charge in [-0.05, 0) is 23.8 Å². The standard InChI is InChI=1S/C14H13F3N2O/c15-14(16,17)20-13-4-2-1-3-12(13)10-19-9-11-5-7-18-8-6-11/h1-8,19H,9-10H2.